The standard InChI is InChI=1S/C20H17BrFN3O2/c21-14-5-7-18-23-11-17(25(18)12-14)19(26)15-6-4-13(10-16(15)22)20(27)24-8-2-1-3-9-24/h4-7,10-12H,1-3,8-9H2. The number of hydrogen-bond acceptors (Lipinski definition) is 3. The Labute approximate surface area is 163 Å². The van der Waals surface area contributed by atoms with Crippen LogP contribution < -0.4 is 0 Å². The molecule has 1 saturated heterocycles. The number of nitrogens with zero attached hydrogens (tertiary/aromatic N) is 3. The highest BCUT2D eigenvalue weighted by atomic mass is 79.9. The van der Waals surface area contributed by atoms with Crippen molar-refractivity contribution >= 4 is 33.3 Å². The Hall–Kier alpha value is -2.54. The molecular formula is C20H17BrFN3O2. The second-order valence-electron chi connectivity index (χ2n) is 6.60. The van der Waals surface area contributed by atoms with Gasteiger partial charge in [-0.05, 0) is 65.5 Å². The fraction of sp³-hybridized carbons (Fsp3) is 0.250. The third-order valence-electron chi connectivity index (χ3n) is 4.81. The molecule has 3 aromatic rings. The number of imidazole rings is 1. The van der Waals surface area contributed by atoms with Crippen LogP contribution in [0, 0.1) is 5.82 Å². The first kappa shape index (κ1) is 17.9. The summed E-state index contributed by atoms with van der Waals surface area (Å²) < 4.78 is 17.1. The van der Waals surface area contributed by atoms with Crippen LogP contribution in [-0.4, -0.2) is 39.1 Å². The van der Waals surface area contributed by atoms with E-state index >= 15 is 0 Å². The van der Waals surface area contributed by atoms with Gasteiger partial charge in [-0.3, -0.25) is 14.0 Å². The molecule has 1 fully saturated rings. The molecule has 1 aliphatic heterocycles. The van der Waals surface area contributed by atoms with Crippen LogP contribution in [0.2, 0.25) is 0 Å². The smallest absolute Gasteiger partial charge is 0.253 e. The van der Waals surface area contributed by atoms with Gasteiger partial charge in [0.05, 0.1) is 11.8 Å². The topological polar surface area (TPSA) is 54.7 Å². The first-order valence-corrected chi connectivity index (χ1v) is 9.60. The molecule has 2 aromatic heterocycles. The van der Waals surface area contributed by atoms with Gasteiger partial charge in [0.2, 0.25) is 5.78 Å². The first-order valence-electron chi connectivity index (χ1n) is 8.81. The SMILES string of the molecule is O=C(c1ccc(C(=O)N2CCCCC2)cc1F)c1cnc2ccc(Br)cn12. The monoisotopic (exact) mass is 429 g/mol. The normalized spacial score (nSPS) is 14.5. The van der Waals surface area contributed by atoms with Gasteiger partial charge in [-0.2, -0.15) is 0 Å². The summed E-state index contributed by atoms with van der Waals surface area (Å²) >= 11 is 3.36. The Bertz CT molecular complexity index is 1040. The number of benzene rings is 1. The fourth-order valence-electron chi connectivity index (χ4n) is 3.37. The zero-order chi connectivity index (χ0) is 19.0. The second kappa shape index (κ2) is 7.23. The second-order valence-corrected chi connectivity index (χ2v) is 7.51. The number of halogens is 2. The van der Waals surface area contributed by atoms with Crippen LogP contribution in [0.25, 0.3) is 5.65 Å². The molecule has 0 radical (unpaired) electrons. The van der Waals surface area contributed by atoms with Crippen LogP contribution in [-0.2, 0) is 0 Å². The van der Waals surface area contributed by atoms with Crippen LogP contribution >= 0.6 is 15.9 Å². The summed E-state index contributed by atoms with van der Waals surface area (Å²) in [5.41, 5.74) is 1.05. The van der Waals surface area contributed by atoms with Crippen LogP contribution in [0.5, 0.6) is 0 Å². The maximum absolute atomic E-state index is 14.7. The van der Waals surface area contributed by atoms with E-state index in [2.05, 4.69) is 20.9 Å². The highest BCUT2D eigenvalue weighted by Crippen LogP contribution is 2.20. The van der Waals surface area contributed by atoms with E-state index in [0.717, 1.165) is 29.8 Å². The number of pyridine rings is 1. The number of carbonyl (C=O) groups is 2. The van der Waals surface area contributed by atoms with Crippen molar-refractivity contribution in [3.63, 3.8) is 0 Å². The van der Waals surface area contributed by atoms with E-state index in [1.165, 1.54) is 18.3 Å². The first-order chi connectivity index (χ1) is 13.0. The maximum atomic E-state index is 14.7. The summed E-state index contributed by atoms with van der Waals surface area (Å²) in [7, 11) is 0. The fourth-order valence-corrected chi connectivity index (χ4v) is 3.71. The minimum atomic E-state index is -0.701. The largest absolute Gasteiger partial charge is 0.339 e. The van der Waals surface area contributed by atoms with E-state index in [1.54, 1.807) is 21.6 Å². The number of aromatic nitrogens is 2. The van der Waals surface area contributed by atoms with Crippen LogP contribution in [0.1, 0.15) is 45.7 Å². The van der Waals surface area contributed by atoms with Gasteiger partial charge in [0.25, 0.3) is 5.91 Å². The number of carbonyl (C=O) groups excluding carboxylic acids is 2. The van der Waals surface area contributed by atoms with Crippen LogP contribution in [0.4, 0.5) is 4.39 Å². The predicted molar refractivity (Wildman–Crippen MR) is 102 cm³/mol. The quantitative estimate of drug-likeness (QED) is 0.589. The van der Waals surface area contributed by atoms with Crippen molar-refractivity contribution in [1.29, 1.82) is 0 Å². The van der Waals surface area contributed by atoms with E-state index in [4.69, 9.17) is 0 Å². The number of ketones is 1. The van der Waals surface area contributed by atoms with Crippen molar-refractivity contribution in [2.24, 2.45) is 0 Å². The van der Waals surface area contributed by atoms with Crippen molar-refractivity contribution in [2.75, 3.05) is 13.1 Å². The molecule has 1 aromatic carbocycles. The molecule has 1 amide bonds. The summed E-state index contributed by atoms with van der Waals surface area (Å²) in [6.45, 7) is 1.38. The molecule has 0 saturated carbocycles. The molecule has 5 nitrogen and oxygen atoms in total. The number of hydrogen-bond donors (Lipinski definition) is 0. The van der Waals surface area contributed by atoms with Gasteiger partial charge in [0.1, 0.15) is 17.2 Å². The number of amides is 1. The zero-order valence-electron chi connectivity index (χ0n) is 14.5. The molecule has 0 N–H and O–H groups in total. The molecule has 1 aliphatic rings. The van der Waals surface area contributed by atoms with Gasteiger partial charge in [0.15, 0.2) is 0 Å². The molecule has 3 heterocycles. The minimum absolute atomic E-state index is 0.0769. The molecule has 0 aliphatic carbocycles. The Kier molecular flexibility index (Phi) is 4.78. The molecular weight excluding hydrogens is 413 g/mol. The van der Waals surface area contributed by atoms with Crippen molar-refractivity contribution in [1.82, 2.24) is 14.3 Å². The minimum Gasteiger partial charge on any atom is -0.339 e. The summed E-state index contributed by atoms with van der Waals surface area (Å²) in [4.78, 5) is 31.3. The van der Waals surface area contributed by atoms with Gasteiger partial charge in [-0.15, -0.1) is 0 Å². The lowest BCUT2D eigenvalue weighted by atomic mass is 10.0. The van der Waals surface area contributed by atoms with E-state index in [9.17, 15) is 14.0 Å². The van der Waals surface area contributed by atoms with Gasteiger partial charge in [-0.25, -0.2) is 9.37 Å². The average Bonchev–Trinajstić information content (AvgIpc) is 3.10. The van der Waals surface area contributed by atoms with E-state index in [1.807, 2.05) is 6.07 Å². The lowest BCUT2D eigenvalue weighted by molar-refractivity contribution is 0.0723. The summed E-state index contributed by atoms with van der Waals surface area (Å²) in [5.74, 6) is -1.37. The van der Waals surface area contributed by atoms with Crippen LogP contribution in [0.15, 0.2) is 47.2 Å². The maximum Gasteiger partial charge on any atom is 0.253 e. The van der Waals surface area contributed by atoms with Gasteiger partial charge in [0, 0.05) is 29.3 Å². The Balaban J connectivity index is 1.64. The van der Waals surface area contributed by atoms with Crippen molar-refractivity contribution in [3.8, 4) is 0 Å². The molecule has 7 heteroatoms. The van der Waals surface area contributed by atoms with Crippen molar-refractivity contribution in [2.45, 2.75) is 19.3 Å². The Morgan fingerprint density at radius 2 is 1.85 bits per heavy atom. The zero-order valence-corrected chi connectivity index (χ0v) is 16.1. The molecule has 4 rings (SSSR count). The van der Waals surface area contributed by atoms with E-state index in [-0.39, 0.29) is 22.7 Å². The van der Waals surface area contributed by atoms with Gasteiger partial charge >= 0.3 is 0 Å². The molecule has 138 valence electrons. The lowest BCUT2D eigenvalue weighted by Crippen LogP contribution is -2.35. The molecule has 0 spiro atoms. The summed E-state index contributed by atoms with van der Waals surface area (Å²) in [6, 6.07) is 7.64. The Morgan fingerprint density at radius 1 is 1.07 bits per heavy atom. The summed E-state index contributed by atoms with van der Waals surface area (Å²) in [6.07, 6.45) is 6.18. The van der Waals surface area contributed by atoms with Crippen molar-refractivity contribution < 1.29 is 14.0 Å². The van der Waals surface area contributed by atoms with Crippen molar-refractivity contribution in [3.05, 3.63) is 69.8 Å². The molecule has 0 bridgehead atoms. The van der Waals surface area contributed by atoms with E-state index in [0.29, 0.717) is 18.7 Å². The molecule has 0 atom stereocenters. The van der Waals surface area contributed by atoms with Gasteiger partial charge in [-0.1, -0.05) is 0 Å². The third-order valence-corrected chi connectivity index (χ3v) is 5.28. The Morgan fingerprint density at radius 3 is 2.59 bits per heavy atom. The highest BCUT2D eigenvalue weighted by molar-refractivity contribution is 9.10. The number of likely N-dealkylation sites (tertiary alicyclic amines) is 1. The summed E-state index contributed by atoms with van der Waals surface area (Å²) in [5, 5.41) is 0. The molecule has 0 unspecified atom stereocenters. The number of rotatable bonds is 3. The lowest BCUT2D eigenvalue weighted by Gasteiger charge is -2.26. The van der Waals surface area contributed by atoms with Gasteiger partial charge < -0.3 is 4.90 Å². The number of fused-ring (bicyclic) bond motifs is 1. The van der Waals surface area contributed by atoms with Crippen LogP contribution in [0.3, 0.4) is 0 Å². The average molecular weight is 430 g/mol. The highest BCUT2D eigenvalue weighted by Gasteiger charge is 2.22. The third kappa shape index (κ3) is 3.39. The van der Waals surface area contributed by atoms with E-state index < -0.39 is 11.6 Å². The molecule has 27 heavy (non-hydrogen) atoms. The predicted octanol–water partition coefficient (Wildman–Crippen LogP) is 4.09. The number of piperidine rings is 1.